The highest BCUT2D eigenvalue weighted by molar-refractivity contribution is 7.92. The molecule has 80 valence electrons. The first kappa shape index (κ1) is 18.4. The third kappa shape index (κ3) is 18.5. The van der Waals surface area contributed by atoms with Gasteiger partial charge in [-0.3, -0.25) is 9.59 Å². The van der Waals surface area contributed by atoms with Gasteiger partial charge in [0.2, 0.25) is 0 Å². The average Bonchev–Trinajstić information content (AvgIpc) is 1.87. The monoisotopic (exact) mass is 229 g/mol. The smallest absolute Gasteiger partial charge is 0.267 e. The van der Waals surface area contributed by atoms with Gasteiger partial charge in [0.15, 0.2) is 11.5 Å². The molecule has 0 saturated heterocycles. The Morgan fingerprint density at radius 1 is 1.15 bits per heavy atom. The second kappa shape index (κ2) is 11.6. The Balaban J connectivity index is -0.000000309. The van der Waals surface area contributed by atoms with E-state index in [1.165, 1.54) is 7.05 Å². The van der Waals surface area contributed by atoms with E-state index in [2.05, 4.69) is 17.2 Å². The summed E-state index contributed by atoms with van der Waals surface area (Å²) in [7, 11) is 1.50. The van der Waals surface area contributed by atoms with Crippen molar-refractivity contribution in [2.24, 2.45) is 17.2 Å². The molecule has 0 saturated carbocycles. The van der Waals surface area contributed by atoms with Crippen molar-refractivity contribution >= 4 is 36.5 Å². The van der Waals surface area contributed by atoms with Gasteiger partial charge in [-0.25, -0.2) is 0 Å². The van der Waals surface area contributed by atoms with Crippen molar-refractivity contribution in [3.05, 3.63) is 0 Å². The summed E-state index contributed by atoms with van der Waals surface area (Å²) in [5, 5.41) is 0. The first-order chi connectivity index (χ1) is 5.52. The molecule has 0 aromatic carbocycles. The number of primary amides is 2. The zero-order valence-electron chi connectivity index (χ0n) is 7.28. The molecule has 0 spiro atoms. The maximum absolute atomic E-state index is 10.6. The van der Waals surface area contributed by atoms with E-state index in [4.69, 9.17) is 0 Å². The zero-order chi connectivity index (χ0) is 10.1. The quantitative estimate of drug-likeness (QED) is 0.455. The topological polar surface area (TPSA) is 135 Å². The summed E-state index contributed by atoms with van der Waals surface area (Å²) < 4.78 is 10.6. The van der Waals surface area contributed by atoms with Crippen molar-refractivity contribution in [3.8, 4) is 0 Å². The lowest BCUT2D eigenvalue weighted by Gasteiger charge is -2.04. The highest BCUT2D eigenvalue weighted by Crippen LogP contribution is 1.87. The lowest BCUT2D eigenvalue weighted by molar-refractivity contribution is -0.116. The molecule has 2 amide bonds. The summed E-state index contributed by atoms with van der Waals surface area (Å²) in [5.74, 6) is -1.99. The number of carbonyl (C=O) groups is 2. The average molecular weight is 229 g/mol. The summed E-state index contributed by atoms with van der Waals surface area (Å²) >= 11 is -1.53. The summed E-state index contributed by atoms with van der Waals surface area (Å²) in [6.45, 7) is 0. The highest BCUT2D eigenvalue weighted by Gasteiger charge is 2.12. The van der Waals surface area contributed by atoms with E-state index in [9.17, 15) is 14.1 Å². The van der Waals surface area contributed by atoms with Crippen molar-refractivity contribution in [1.29, 1.82) is 0 Å². The SMILES string of the molecule is CN.NC(=O)C[S+]([O-])CC(N)=O.S. The second-order valence-electron chi connectivity index (χ2n) is 1.66. The van der Waals surface area contributed by atoms with Gasteiger partial charge in [0, 0.05) is 0 Å². The summed E-state index contributed by atoms with van der Waals surface area (Å²) in [6.07, 6.45) is 0. The molecule has 0 radical (unpaired) electrons. The third-order valence-electron chi connectivity index (χ3n) is 0.606. The first-order valence-electron chi connectivity index (χ1n) is 3.01. The normalized spacial score (nSPS) is 8.00. The second-order valence-corrected chi connectivity index (χ2v) is 3.12. The van der Waals surface area contributed by atoms with Crippen LogP contribution in [0.4, 0.5) is 0 Å². The number of nitrogens with two attached hydrogens (primary N) is 3. The lowest BCUT2D eigenvalue weighted by Crippen LogP contribution is -2.30. The molecular formula is C5H15N3O3S2. The minimum Gasteiger partial charge on any atom is -0.616 e. The molecule has 0 aromatic heterocycles. The number of hydrogen-bond acceptors (Lipinski definition) is 4. The number of carbonyl (C=O) groups excluding carboxylic acids is 2. The fourth-order valence-electron chi connectivity index (χ4n) is 0.368. The van der Waals surface area contributed by atoms with Crippen molar-refractivity contribution in [3.63, 3.8) is 0 Å². The van der Waals surface area contributed by atoms with Gasteiger partial charge in [0.1, 0.15) is 0 Å². The molecule has 0 atom stereocenters. The van der Waals surface area contributed by atoms with Crippen LogP contribution in [0.25, 0.3) is 0 Å². The molecule has 0 fully saturated rings. The van der Waals surface area contributed by atoms with Crippen LogP contribution in [0.1, 0.15) is 0 Å². The fraction of sp³-hybridized carbons (Fsp3) is 0.600. The Morgan fingerprint density at radius 2 is 1.38 bits per heavy atom. The molecule has 13 heavy (non-hydrogen) atoms. The van der Waals surface area contributed by atoms with E-state index >= 15 is 0 Å². The van der Waals surface area contributed by atoms with Crippen LogP contribution in [-0.2, 0) is 20.8 Å². The molecule has 6 N–H and O–H groups in total. The molecule has 0 aromatic rings. The summed E-state index contributed by atoms with van der Waals surface area (Å²) in [5.41, 5.74) is 13.9. The molecule has 0 unspecified atom stereocenters. The standard InChI is InChI=1S/C4H8N2O3S.CH5N.H2S/c5-3(7)1-10(9)2-4(6)8;1-2;/h1-2H2,(H2,5,7)(H2,6,8);2H2,1H3;1H2. The maximum Gasteiger partial charge on any atom is 0.267 e. The molecule has 6 nitrogen and oxygen atoms in total. The highest BCUT2D eigenvalue weighted by atomic mass is 32.2. The molecule has 0 aliphatic rings. The van der Waals surface area contributed by atoms with Gasteiger partial charge < -0.3 is 21.8 Å². The largest absolute Gasteiger partial charge is 0.616 e. The Hall–Kier alpha value is -0.440. The van der Waals surface area contributed by atoms with E-state index in [0.29, 0.717) is 0 Å². The van der Waals surface area contributed by atoms with Gasteiger partial charge in [-0.15, -0.1) is 0 Å². The van der Waals surface area contributed by atoms with E-state index in [1.807, 2.05) is 0 Å². The Kier molecular flexibility index (Phi) is 16.3. The molecule has 0 aliphatic carbocycles. The minimum absolute atomic E-state index is 0. The fourth-order valence-corrected chi connectivity index (χ4v) is 1.11. The third-order valence-corrected chi connectivity index (χ3v) is 1.82. The van der Waals surface area contributed by atoms with Crippen molar-refractivity contribution in [2.75, 3.05) is 18.6 Å². The molecular weight excluding hydrogens is 214 g/mol. The van der Waals surface area contributed by atoms with Gasteiger partial charge in [-0.1, -0.05) is 0 Å². The summed E-state index contributed by atoms with van der Waals surface area (Å²) in [6, 6.07) is 0. The van der Waals surface area contributed by atoms with Crippen LogP contribution in [-0.4, -0.2) is 34.9 Å². The zero-order valence-corrected chi connectivity index (χ0v) is 9.10. The van der Waals surface area contributed by atoms with Crippen molar-refractivity contribution in [1.82, 2.24) is 0 Å². The van der Waals surface area contributed by atoms with Crippen LogP contribution < -0.4 is 17.2 Å². The maximum atomic E-state index is 10.6. The molecule has 0 bridgehead atoms. The van der Waals surface area contributed by atoms with E-state index in [-0.39, 0.29) is 25.0 Å². The first-order valence-corrected chi connectivity index (χ1v) is 4.50. The molecule has 0 rings (SSSR count). The number of rotatable bonds is 4. The van der Waals surface area contributed by atoms with Gasteiger partial charge in [-0.2, -0.15) is 13.5 Å². The number of hydrogen-bond donors (Lipinski definition) is 3. The lowest BCUT2D eigenvalue weighted by atomic mass is 10.8. The number of amides is 2. The van der Waals surface area contributed by atoms with Crippen molar-refractivity contribution < 1.29 is 14.1 Å². The molecule has 0 heterocycles. The molecule has 0 aliphatic heterocycles. The predicted octanol–water partition coefficient (Wildman–Crippen LogP) is -2.61. The predicted molar refractivity (Wildman–Crippen MR) is 56.8 cm³/mol. The van der Waals surface area contributed by atoms with Crippen molar-refractivity contribution in [2.45, 2.75) is 0 Å². The Labute approximate surface area is 86.8 Å². The van der Waals surface area contributed by atoms with Gasteiger partial charge in [0.05, 0.1) is 0 Å². The summed E-state index contributed by atoms with van der Waals surface area (Å²) in [4.78, 5) is 20.1. The Bertz CT molecular complexity index is 140. The van der Waals surface area contributed by atoms with Crippen LogP contribution in [0.2, 0.25) is 0 Å². The van der Waals surface area contributed by atoms with Crippen LogP contribution >= 0.6 is 13.5 Å². The van der Waals surface area contributed by atoms with Crippen LogP contribution in [0.3, 0.4) is 0 Å². The minimum atomic E-state index is -1.53. The Morgan fingerprint density at radius 3 is 1.54 bits per heavy atom. The van der Waals surface area contributed by atoms with Crippen LogP contribution in [0.15, 0.2) is 0 Å². The van der Waals surface area contributed by atoms with Gasteiger partial charge >= 0.3 is 0 Å². The van der Waals surface area contributed by atoms with Crippen LogP contribution in [0.5, 0.6) is 0 Å². The van der Waals surface area contributed by atoms with Gasteiger partial charge in [0.25, 0.3) is 11.8 Å². The molecule has 8 heteroatoms. The van der Waals surface area contributed by atoms with E-state index in [0.717, 1.165) is 0 Å². The van der Waals surface area contributed by atoms with E-state index < -0.39 is 23.0 Å². The van der Waals surface area contributed by atoms with E-state index in [1.54, 1.807) is 0 Å². The van der Waals surface area contributed by atoms with Crippen LogP contribution in [0, 0.1) is 0 Å². The van der Waals surface area contributed by atoms with Gasteiger partial charge in [-0.05, 0) is 18.2 Å².